The first-order chi connectivity index (χ1) is 8.22. The zero-order valence-corrected chi connectivity index (χ0v) is 11.7. The quantitative estimate of drug-likeness (QED) is 0.380. The van der Waals surface area contributed by atoms with Crippen molar-refractivity contribution in [1.82, 2.24) is 0 Å². The molecular weight excluding hydrogens is 302 g/mol. The van der Waals surface area contributed by atoms with E-state index < -0.39 is 0 Å². The van der Waals surface area contributed by atoms with Crippen molar-refractivity contribution in [3.8, 4) is 0 Å². The number of rotatable bonds is 2. The predicted octanol–water partition coefficient (Wildman–Crippen LogP) is 2.10. The van der Waals surface area contributed by atoms with Crippen LogP contribution in [-0.4, -0.2) is 35.6 Å². The van der Waals surface area contributed by atoms with E-state index in [1.165, 1.54) is 0 Å². The van der Waals surface area contributed by atoms with Gasteiger partial charge in [-0.2, -0.15) is 11.8 Å². The topological polar surface area (TPSA) is 61.9 Å². The lowest BCUT2D eigenvalue weighted by Crippen LogP contribution is -2.34. The third-order valence-corrected chi connectivity index (χ3v) is 4.13. The van der Waals surface area contributed by atoms with Gasteiger partial charge in [-0.1, -0.05) is 21.1 Å². The van der Waals surface area contributed by atoms with Crippen LogP contribution in [0.25, 0.3) is 0 Å². The van der Waals surface area contributed by atoms with E-state index >= 15 is 0 Å². The minimum absolute atomic E-state index is 0.152. The summed E-state index contributed by atoms with van der Waals surface area (Å²) in [4.78, 5) is 2.27. The molecule has 0 spiro atoms. The molecule has 17 heavy (non-hydrogen) atoms. The highest BCUT2D eigenvalue weighted by molar-refractivity contribution is 9.10. The summed E-state index contributed by atoms with van der Waals surface area (Å²) in [6.45, 7) is 2.00. The number of oxime groups is 1. The molecule has 0 aromatic heterocycles. The van der Waals surface area contributed by atoms with Crippen LogP contribution < -0.4 is 10.6 Å². The van der Waals surface area contributed by atoms with Crippen LogP contribution in [0.4, 0.5) is 5.69 Å². The Labute approximate surface area is 113 Å². The molecular formula is C11H14BrN3OS. The lowest BCUT2D eigenvalue weighted by Gasteiger charge is -2.30. The zero-order chi connectivity index (χ0) is 12.3. The van der Waals surface area contributed by atoms with E-state index in [-0.39, 0.29) is 5.84 Å². The smallest absolute Gasteiger partial charge is 0.172 e. The van der Waals surface area contributed by atoms with E-state index in [0.717, 1.165) is 40.3 Å². The van der Waals surface area contributed by atoms with Gasteiger partial charge in [0.05, 0.1) is 0 Å². The van der Waals surface area contributed by atoms with Gasteiger partial charge in [-0.3, -0.25) is 0 Å². The van der Waals surface area contributed by atoms with Crippen molar-refractivity contribution in [2.24, 2.45) is 10.9 Å². The molecule has 1 fully saturated rings. The zero-order valence-electron chi connectivity index (χ0n) is 9.27. The summed E-state index contributed by atoms with van der Waals surface area (Å²) >= 11 is 5.36. The Morgan fingerprint density at radius 3 is 2.76 bits per heavy atom. The van der Waals surface area contributed by atoms with Gasteiger partial charge in [0.15, 0.2) is 5.84 Å². The largest absolute Gasteiger partial charge is 0.409 e. The first kappa shape index (κ1) is 12.6. The summed E-state index contributed by atoms with van der Waals surface area (Å²) in [7, 11) is 0. The maximum absolute atomic E-state index is 8.83. The molecule has 1 saturated heterocycles. The van der Waals surface area contributed by atoms with E-state index in [0.29, 0.717) is 0 Å². The Balaban J connectivity index is 2.37. The second-order valence-corrected chi connectivity index (χ2v) is 5.89. The number of thioether (sulfide) groups is 1. The highest BCUT2D eigenvalue weighted by Gasteiger charge is 2.16. The van der Waals surface area contributed by atoms with Gasteiger partial charge in [0.1, 0.15) is 0 Å². The second-order valence-electron chi connectivity index (χ2n) is 3.75. The standard InChI is InChI=1S/C11H14BrN3OS/c12-8-1-2-10(9(7-8)11(13)14-16)15-3-5-17-6-4-15/h1-2,7,16H,3-6H2,(H2,13,14). The van der Waals surface area contributed by atoms with Crippen LogP contribution in [0.1, 0.15) is 5.56 Å². The molecule has 1 aromatic rings. The summed E-state index contributed by atoms with van der Waals surface area (Å²) in [6, 6.07) is 5.87. The Hall–Kier alpha value is -0.880. The van der Waals surface area contributed by atoms with Gasteiger partial charge < -0.3 is 15.8 Å². The molecule has 0 bridgehead atoms. The third kappa shape index (κ3) is 2.87. The fourth-order valence-electron chi connectivity index (χ4n) is 1.85. The average Bonchev–Trinajstić information content (AvgIpc) is 2.38. The lowest BCUT2D eigenvalue weighted by molar-refractivity contribution is 0.318. The molecule has 0 atom stereocenters. The number of halogens is 1. The van der Waals surface area contributed by atoms with Gasteiger partial charge in [-0.05, 0) is 18.2 Å². The third-order valence-electron chi connectivity index (χ3n) is 2.69. The van der Waals surface area contributed by atoms with Crippen molar-refractivity contribution in [3.63, 3.8) is 0 Å². The molecule has 0 radical (unpaired) electrons. The second kappa shape index (κ2) is 5.64. The van der Waals surface area contributed by atoms with Gasteiger partial charge in [0.2, 0.25) is 0 Å². The maximum Gasteiger partial charge on any atom is 0.172 e. The van der Waals surface area contributed by atoms with Crippen LogP contribution in [0.5, 0.6) is 0 Å². The van der Waals surface area contributed by atoms with Crippen LogP contribution in [0.3, 0.4) is 0 Å². The number of nitrogens with two attached hydrogens (primary N) is 1. The van der Waals surface area contributed by atoms with Crippen LogP contribution in [0, 0.1) is 0 Å². The van der Waals surface area contributed by atoms with Crippen LogP contribution in [-0.2, 0) is 0 Å². The monoisotopic (exact) mass is 315 g/mol. The van der Waals surface area contributed by atoms with Crippen LogP contribution in [0.15, 0.2) is 27.8 Å². The van der Waals surface area contributed by atoms with E-state index in [9.17, 15) is 0 Å². The van der Waals surface area contributed by atoms with Gasteiger partial charge in [-0.15, -0.1) is 0 Å². The van der Waals surface area contributed by atoms with E-state index in [2.05, 4.69) is 26.0 Å². The lowest BCUT2D eigenvalue weighted by atomic mass is 10.1. The molecule has 4 nitrogen and oxygen atoms in total. The molecule has 1 heterocycles. The summed E-state index contributed by atoms with van der Waals surface area (Å²) in [5.41, 5.74) is 7.52. The first-order valence-electron chi connectivity index (χ1n) is 5.32. The minimum atomic E-state index is 0.152. The molecule has 1 aromatic carbocycles. The normalized spacial score (nSPS) is 17.2. The van der Waals surface area contributed by atoms with E-state index in [1.54, 1.807) is 0 Å². The molecule has 0 unspecified atom stereocenters. The molecule has 1 aliphatic heterocycles. The summed E-state index contributed by atoms with van der Waals surface area (Å²) < 4.78 is 0.925. The molecule has 1 aliphatic rings. The number of benzene rings is 1. The Morgan fingerprint density at radius 2 is 2.12 bits per heavy atom. The highest BCUT2D eigenvalue weighted by Crippen LogP contribution is 2.26. The molecule has 0 saturated carbocycles. The predicted molar refractivity (Wildman–Crippen MR) is 76.2 cm³/mol. The van der Waals surface area contributed by atoms with Gasteiger partial charge >= 0.3 is 0 Å². The van der Waals surface area contributed by atoms with Crippen LogP contribution in [0.2, 0.25) is 0 Å². The van der Waals surface area contributed by atoms with E-state index in [4.69, 9.17) is 10.9 Å². The van der Waals surface area contributed by atoms with Crippen molar-refractivity contribution in [3.05, 3.63) is 28.2 Å². The van der Waals surface area contributed by atoms with E-state index in [1.807, 2.05) is 30.0 Å². The molecule has 0 amide bonds. The van der Waals surface area contributed by atoms with Crippen molar-refractivity contribution in [2.75, 3.05) is 29.5 Å². The molecule has 3 N–H and O–H groups in total. The van der Waals surface area contributed by atoms with Gasteiger partial charge in [0, 0.05) is 40.3 Å². The summed E-state index contributed by atoms with van der Waals surface area (Å²) in [6.07, 6.45) is 0. The molecule has 92 valence electrons. The maximum atomic E-state index is 8.83. The SMILES string of the molecule is N/C(=N/O)c1cc(Br)ccc1N1CCSCC1. The van der Waals surface area contributed by atoms with Crippen molar-refractivity contribution < 1.29 is 5.21 Å². The van der Waals surface area contributed by atoms with Gasteiger partial charge in [-0.25, -0.2) is 0 Å². The highest BCUT2D eigenvalue weighted by atomic mass is 79.9. The number of hydrogen-bond acceptors (Lipinski definition) is 4. The molecule has 2 rings (SSSR count). The van der Waals surface area contributed by atoms with Gasteiger partial charge in [0.25, 0.3) is 0 Å². The average molecular weight is 316 g/mol. The number of anilines is 1. The fraction of sp³-hybridized carbons (Fsp3) is 0.364. The van der Waals surface area contributed by atoms with Crippen molar-refractivity contribution in [2.45, 2.75) is 0 Å². The summed E-state index contributed by atoms with van der Waals surface area (Å²) in [5.74, 6) is 2.39. The molecule has 6 heteroatoms. The Kier molecular flexibility index (Phi) is 4.17. The van der Waals surface area contributed by atoms with Crippen LogP contribution >= 0.6 is 27.7 Å². The number of nitrogens with zero attached hydrogens (tertiary/aromatic N) is 2. The minimum Gasteiger partial charge on any atom is -0.409 e. The number of amidine groups is 1. The first-order valence-corrected chi connectivity index (χ1v) is 7.27. The molecule has 0 aliphatic carbocycles. The fourth-order valence-corrected chi connectivity index (χ4v) is 3.11. The Bertz CT molecular complexity index is 433. The van der Waals surface area contributed by atoms with Crippen molar-refractivity contribution in [1.29, 1.82) is 0 Å². The summed E-state index contributed by atoms with van der Waals surface area (Å²) in [5, 5.41) is 11.9. The van der Waals surface area contributed by atoms with Crippen molar-refractivity contribution >= 4 is 39.2 Å². The number of hydrogen-bond donors (Lipinski definition) is 2. The Morgan fingerprint density at radius 1 is 1.41 bits per heavy atom.